The highest BCUT2D eigenvalue weighted by Crippen LogP contribution is 2.26. The van der Waals surface area contributed by atoms with Crippen LogP contribution in [0.4, 0.5) is 0 Å². The molecule has 0 radical (unpaired) electrons. The molecule has 0 bridgehead atoms. The number of benzene rings is 1. The number of rotatable bonds is 3. The van der Waals surface area contributed by atoms with E-state index in [9.17, 15) is 4.79 Å². The summed E-state index contributed by atoms with van der Waals surface area (Å²) in [5, 5.41) is 0. The smallest absolute Gasteiger partial charge is 0.145 e. The molecule has 0 saturated carbocycles. The quantitative estimate of drug-likeness (QED) is 0.594. The molecule has 0 saturated heterocycles. The maximum atomic E-state index is 10.7. The van der Waals surface area contributed by atoms with Crippen molar-refractivity contribution in [2.75, 3.05) is 0 Å². The van der Waals surface area contributed by atoms with E-state index in [1.54, 1.807) is 12.2 Å². The SMILES string of the molecule is O=C[C@@]1(Cl)C=CC(Oc2ccccc2)=CC1. The van der Waals surface area contributed by atoms with Crippen LogP contribution in [-0.2, 0) is 4.79 Å². The van der Waals surface area contributed by atoms with Crippen LogP contribution in [0.2, 0.25) is 0 Å². The Morgan fingerprint density at radius 1 is 1.31 bits per heavy atom. The van der Waals surface area contributed by atoms with Gasteiger partial charge in [0.15, 0.2) is 0 Å². The van der Waals surface area contributed by atoms with Gasteiger partial charge in [0.2, 0.25) is 0 Å². The summed E-state index contributed by atoms with van der Waals surface area (Å²) >= 11 is 5.97. The van der Waals surface area contributed by atoms with Gasteiger partial charge >= 0.3 is 0 Å². The van der Waals surface area contributed by atoms with Gasteiger partial charge in [0.25, 0.3) is 0 Å². The molecule has 0 aromatic heterocycles. The lowest BCUT2D eigenvalue weighted by molar-refractivity contribution is -0.109. The molecule has 0 heterocycles. The molecule has 16 heavy (non-hydrogen) atoms. The number of allylic oxidation sites excluding steroid dienone is 3. The third-order valence-electron chi connectivity index (χ3n) is 2.32. The molecule has 0 aliphatic heterocycles. The number of halogens is 1. The Morgan fingerprint density at radius 3 is 2.62 bits per heavy atom. The van der Waals surface area contributed by atoms with Gasteiger partial charge < -0.3 is 9.53 Å². The second kappa shape index (κ2) is 4.54. The number of aldehydes is 1. The molecule has 0 fully saturated rings. The summed E-state index contributed by atoms with van der Waals surface area (Å²) in [6, 6.07) is 9.47. The third kappa shape index (κ3) is 2.52. The maximum Gasteiger partial charge on any atom is 0.145 e. The van der Waals surface area contributed by atoms with Crippen LogP contribution in [0.15, 0.2) is 54.3 Å². The summed E-state index contributed by atoms with van der Waals surface area (Å²) in [6.07, 6.45) is 6.38. The summed E-state index contributed by atoms with van der Waals surface area (Å²) in [5.41, 5.74) is 0. The predicted molar refractivity (Wildman–Crippen MR) is 63.6 cm³/mol. The minimum absolute atomic E-state index is 0.455. The lowest BCUT2D eigenvalue weighted by Crippen LogP contribution is -2.21. The Bertz CT molecular complexity index is 437. The summed E-state index contributed by atoms with van der Waals surface area (Å²) in [7, 11) is 0. The number of alkyl halides is 1. The molecule has 1 aromatic rings. The molecule has 2 nitrogen and oxygen atoms in total. The Kier molecular flexibility index (Phi) is 3.11. The standard InChI is InChI=1S/C13H11ClO2/c14-13(10-15)8-6-12(7-9-13)16-11-4-2-1-3-5-11/h1-8,10H,9H2/t13-/m1/s1. The molecule has 1 aliphatic rings. The summed E-state index contributed by atoms with van der Waals surface area (Å²) in [6.45, 7) is 0. The van der Waals surface area contributed by atoms with Crippen LogP contribution in [0.25, 0.3) is 0 Å². The van der Waals surface area contributed by atoms with E-state index in [-0.39, 0.29) is 0 Å². The van der Waals surface area contributed by atoms with E-state index in [0.29, 0.717) is 12.2 Å². The topological polar surface area (TPSA) is 26.3 Å². The van der Waals surface area contributed by atoms with Gasteiger partial charge in [-0.25, -0.2) is 0 Å². The molecular weight excluding hydrogens is 224 g/mol. The van der Waals surface area contributed by atoms with Crippen molar-refractivity contribution in [1.29, 1.82) is 0 Å². The minimum atomic E-state index is -0.899. The lowest BCUT2D eigenvalue weighted by Gasteiger charge is -2.18. The first-order valence-electron chi connectivity index (χ1n) is 4.99. The van der Waals surface area contributed by atoms with Crippen molar-refractivity contribution < 1.29 is 9.53 Å². The lowest BCUT2D eigenvalue weighted by atomic mass is 10.0. The zero-order valence-electron chi connectivity index (χ0n) is 8.60. The van der Waals surface area contributed by atoms with Crippen LogP contribution in [0.1, 0.15) is 6.42 Å². The summed E-state index contributed by atoms with van der Waals surface area (Å²) in [4.78, 5) is 9.79. The molecule has 3 heteroatoms. The van der Waals surface area contributed by atoms with E-state index >= 15 is 0 Å². The van der Waals surface area contributed by atoms with Gasteiger partial charge in [0.05, 0.1) is 0 Å². The maximum absolute atomic E-state index is 10.7. The zero-order chi connectivity index (χ0) is 11.4. The second-order valence-corrected chi connectivity index (χ2v) is 4.31. The largest absolute Gasteiger partial charge is 0.458 e. The van der Waals surface area contributed by atoms with Gasteiger partial charge in [-0.2, -0.15) is 0 Å². The van der Waals surface area contributed by atoms with Gasteiger partial charge in [-0.3, -0.25) is 0 Å². The number of ether oxygens (including phenoxy) is 1. The molecule has 0 N–H and O–H groups in total. The average Bonchev–Trinajstić information content (AvgIpc) is 2.34. The molecule has 0 unspecified atom stereocenters. The fraction of sp³-hybridized carbons (Fsp3) is 0.154. The Morgan fingerprint density at radius 2 is 2.06 bits per heavy atom. The molecular formula is C13H11ClO2. The number of hydrogen-bond donors (Lipinski definition) is 0. The van der Waals surface area contributed by atoms with E-state index in [1.807, 2.05) is 36.4 Å². The first kappa shape index (κ1) is 11.0. The van der Waals surface area contributed by atoms with E-state index < -0.39 is 4.87 Å². The average molecular weight is 235 g/mol. The molecule has 82 valence electrons. The van der Waals surface area contributed by atoms with Crippen molar-refractivity contribution in [3.05, 3.63) is 54.3 Å². The highest BCUT2D eigenvalue weighted by Gasteiger charge is 2.24. The molecule has 0 spiro atoms. The van der Waals surface area contributed by atoms with Gasteiger partial charge in [0.1, 0.15) is 22.7 Å². The summed E-state index contributed by atoms with van der Waals surface area (Å²) < 4.78 is 5.59. The molecule has 1 aromatic carbocycles. The van der Waals surface area contributed by atoms with Crippen molar-refractivity contribution in [2.24, 2.45) is 0 Å². The number of carbonyl (C=O) groups is 1. The first-order valence-corrected chi connectivity index (χ1v) is 5.37. The van der Waals surface area contributed by atoms with Crippen molar-refractivity contribution >= 4 is 17.9 Å². The van der Waals surface area contributed by atoms with E-state index in [1.165, 1.54) is 0 Å². The van der Waals surface area contributed by atoms with Gasteiger partial charge in [-0.05, 0) is 30.7 Å². The van der Waals surface area contributed by atoms with Crippen molar-refractivity contribution in [1.82, 2.24) is 0 Å². The van der Waals surface area contributed by atoms with Crippen LogP contribution < -0.4 is 4.74 Å². The Balaban J connectivity index is 2.05. The number of hydrogen-bond acceptors (Lipinski definition) is 2. The van der Waals surface area contributed by atoms with Crippen LogP contribution >= 0.6 is 11.6 Å². The molecule has 1 aliphatic carbocycles. The highest BCUT2D eigenvalue weighted by molar-refractivity contribution is 6.33. The summed E-state index contributed by atoms with van der Waals surface area (Å²) in [5.74, 6) is 1.48. The van der Waals surface area contributed by atoms with Crippen LogP contribution in [0.3, 0.4) is 0 Å². The van der Waals surface area contributed by atoms with Gasteiger partial charge in [-0.1, -0.05) is 24.3 Å². The predicted octanol–water partition coefficient (Wildman–Crippen LogP) is 3.09. The normalized spacial score (nSPS) is 23.7. The number of carbonyl (C=O) groups excluding carboxylic acids is 1. The van der Waals surface area contributed by atoms with Crippen molar-refractivity contribution in [3.63, 3.8) is 0 Å². The van der Waals surface area contributed by atoms with Crippen LogP contribution in [0.5, 0.6) is 5.75 Å². The molecule has 2 rings (SSSR count). The van der Waals surface area contributed by atoms with Gasteiger partial charge in [0, 0.05) is 0 Å². The van der Waals surface area contributed by atoms with Crippen molar-refractivity contribution in [3.8, 4) is 5.75 Å². The Hall–Kier alpha value is -1.54. The monoisotopic (exact) mass is 234 g/mol. The fourth-order valence-corrected chi connectivity index (χ4v) is 1.54. The zero-order valence-corrected chi connectivity index (χ0v) is 9.35. The van der Waals surface area contributed by atoms with Gasteiger partial charge in [-0.15, -0.1) is 11.6 Å². The minimum Gasteiger partial charge on any atom is -0.458 e. The first-order chi connectivity index (χ1) is 7.72. The Labute approximate surface area is 99.2 Å². The highest BCUT2D eigenvalue weighted by atomic mass is 35.5. The molecule has 0 amide bonds. The van der Waals surface area contributed by atoms with E-state index in [0.717, 1.165) is 12.0 Å². The van der Waals surface area contributed by atoms with Crippen LogP contribution in [-0.4, -0.2) is 11.2 Å². The second-order valence-electron chi connectivity index (χ2n) is 3.60. The van der Waals surface area contributed by atoms with E-state index in [4.69, 9.17) is 16.3 Å². The van der Waals surface area contributed by atoms with E-state index in [2.05, 4.69) is 0 Å². The molecule has 1 atom stereocenters. The third-order valence-corrected chi connectivity index (χ3v) is 2.68. The van der Waals surface area contributed by atoms with Crippen molar-refractivity contribution in [2.45, 2.75) is 11.3 Å². The van der Waals surface area contributed by atoms with Crippen LogP contribution in [0, 0.1) is 0 Å². The number of para-hydroxylation sites is 1. The fourth-order valence-electron chi connectivity index (χ4n) is 1.40.